The average Bonchev–Trinajstić information content (AvgIpc) is 2.65. The summed E-state index contributed by atoms with van der Waals surface area (Å²) in [6.07, 6.45) is 0.853. The Kier molecular flexibility index (Phi) is 6.69. The zero-order chi connectivity index (χ0) is 18.2. The molecule has 0 saturated heterocycles. The molecule has 0 bridgehead atoms. The highest BCUT2D eigenvalue weighted by atomic mass is 16.5. The maximum Gasteiger partial charge on any atom is 0.306 e. The first-order valence-electron chi connectivity index (χ1n) is 8.18. The number of hydrogen-bond acceptors (Lipinski definition) is 5. The standard InChI is InChI=1S/C20H24O5/c1-5-25-19(21)12-9-14-13-15(22-2)10-11-16(14)17-7-6-8-18(23-3)20(17)24-4/h6-8,10-11,13H,5,9,12H2,1-4H3. The van der Waals surface area contributed by atoms with Crippen LogP contribution in [-0.2, 0) is 16.0 Å². The zero-order valence-corrected chi connectivity index (χ0v) is 15.1. The van der Waals surface area contributed by atoms with Gasteiger partial charge in [-0.15, -0.1) is 0 Å². The van der Waals surface area contributed by atoms with Crippen molar-refractivity contribution in [2.45, 2.75) is 19.8 Å². The molecule has 134 valence electrons. The lowest BCUT2D eigenvalue weighted by atomic mass is 9.95. The predicted octanol–water partition coefficient (Wildman–Crippen LogP) is 3.88. The van der Waals surface area contributed by atoms with Gasteiger partial charge in [0.15, 0.2) is 11.5 Å². The largest absolute Gasteiger partial charge is 0.497 e. The SMILES string of the molecule is CCOC(=O)CCc1cc(OC)ccc1-c1cccc(OC)c1OC. The van der Waals surface area contributed by atoms with Crippen LogP contribution in [0.5, 0.6) is 17.2 Å². The summed E-state index contributed by atoms with van der Waals surface area (Å²) in [5.74, 6) is 1.85. The van der Waals surface area contributed by atoms with Crippen LogP contribution in [0, 0.1) is 0 Å². The molecule has 0 unspecified atom stereocenters. The summed E-state index contributed by atoms with van der Waals surface area (Å²) in [6.45, 7) is 2.18. The van der Waals surface area contributed by atoms with E-state index in [1.54, 1.807) is 28.3 Å². The summed E-state index contributed by atoms with van der Waals surface area (Å²) in [5.41, 5.74) is 2.86. The number of ether oxygens (including phenoxy) is 4. The van der Waals surface area contributed by atoms with Crippen LogP contribution in [0.4, 0.5) is 0 Å². The zero-order valence-electron chi connectivity index (χ0n) is 15.1. The van der Waals surface area contributed by atoms with Crippen LogP contribution in [-0.4, -0.2) is 33.9 Å². The van der Waals surface area contributed by atoms with Gasteiger partial charge >= 0.3 is 5.97 Å². The monoisotopic (exact) mass is 344 g/mol. The molecule has 5 nitrogen and oxygen atoms in total. The lowest BCUT2D eigenvalue weighted by molar-refractivity contribution is -0.143. The Morgan fingerprint density at radius 1 is 0.960 bits per heavy atom. The van der Waals surface area contributed by atoms with Crippen LogP contribution >= 0.6 is 0 Å². The predicted molar refractivity (Wildman–Crippen MR) is 96.5 cm³/mol. The van der Waals surface area contributed by atoms with E-state index in [9.17, 15) is 4.79 Å². The lowest BCUT2D eigenvalue weighted by Gasteiger charge is -2.16. The smallest absolute Gasteiger partial charge is 0.306 e. The molecule has 0 saturated carbocycles. The van der Waals surface area contributed by atoms with Crippen LogP contribution in [0.25, 0.3) is 11.1 Å². The summed E-state index contributed by atoms with van der Waals surface area (Å²) in [6, 6.07) is 11.5. The topological polar surface area (TPSA) is 54.0 Å². The molecule has 0 fully saturated rings. The molecule has 25 heavy (non-hydrogen) atoms. The van der Waals surface area contributed by atoms with Crippen molar-refractivity contribution in [1.29, 1.82) is 0 Å². The van der Waals surface area contributed by atoms with Gasteiger partial charge in [0, 0.05) is 12.0 Å². The van der Waals surface area contributed by atoms with E-state index >= 15 is 0 Å². The number of para-hydroxylation sites is 1. The van der Waals surface area contributed by atoms with Crippen molar-refractivity contribution in [1.82, 2.24) is 0 Å². The first-order chi connectivity index (χ1) is 12.1. The van der Waals surface area contributed by atoms with E-state index in [1.165, 1.54) is 0 Å². The Morgan fingerprint density at radius 2 is 1.76 bits per heavy atom. The van der Waals surface area contributed by atoms with Crippen molar-refractivity contribution in [2.24, 2.45) is 0 Å². The molecular formula is C20H24O5. The molecule has 0 radical (unpaired) electrons. The molecule has 0 heterocycles. The van der Waals surface area contributed by atoms with Gasteiger partial charge in [-0.2, -0.15) is 0 Å². The highest BCUT2D eigenvalue weighted by molar-refractivity contribution is 5.78. The van der Waals surface area contributed by atoms with Gasteiger partial charge in [-0.05, 0) is 42.7 Å². The van der Waals surface area contributed by atoms with E-state index in [1.807, 2.05) is 36.4 Å². The quantitative estimate of drug-likeness (QED) is 0.680. The minimum absolute atomic E-state index is 0.214. The second-order valence-electron chi connectivity index (χ2n) is 5.37. The minimum Gasteiger partial charge on any atom is -0.497 e. The molecule has 0 spiro atoms. The molecule has 2 rings (SSSR count). The molecule has 2 aromatic carbocycles. The van der Waals surface area contributed by atoms with Crippen molar-refractivity contribution in [3.63, 3.8) is 0 Å². The number of rotatable bonds is 8. The van der Waals surface area contributed by atoms with Gasteiger partial charge in [0.1, 0.15) is 5.75 Å². The van der Waals surface area contributed by atoms with Crippen molar-refractivity contribution in [3.05, 3.63) is 42.0 Å². The van der Waals surface area contributed by atoms with E-state index in [0.717, 1.165) is 22.4 Å². The van der Waals surface area contributed by atoms with E-state index in [-0.39, 0.29) is 5.97 Å². The summed E-state index contributed by atoms with van der Waals surface area (Å²) in [7, 11) is 4.84. The second kappa shape index (κ2) is 8.97. The molecule has 0 amide bonds. The molecule has 0 aliphatic rings. The maximum absolute atomic E-state index is 11.7. The number of carbonyl (C=O) groups excluding carboxylic acids is 1. The van der Waals surface area contributed by atoms with Crippen molar-refractivity contribution in [2.75, 3.05) is 27.9 Å². The lowest BCUT2D eigenvalue weighted by Crippen LogP contribution is -2.06. The summed E-state index contributed by atoms with van der Waals surface area (Å²) < 4.78 is 21.3. The van der Waals surface area contributed by atoms with E-state index in [0.29, 0.717) is 30.9 Å². The normalized spacial score (nSPS) is 10.2. The number of methoxy groups -OCH3 is 3. The summed E-state index contributed by atoms with van der Waals surface area (Å²) >= 11 is 0. The van der Waals surface area contributed by atoms with Crippen molar-refractivity contribution in [3.8, 4) is 28.4 Å². The highest BCUT2D eigenvalue weighted by Crippen LogP contribution is 2.40. The number of hydrogen-bond donors (Lipinski definition) is 0. The Morgan fingerprint density at radius 3 is 2.40 bits per heavy atom. The van der Waals surface area contributed by atoms with E-state index in [2.05, 4.69) is 0 Å². The highest BCUT2D eigenvalue weighted by Gasteiger charge is 2.16. The number of esters is 1. The van der Waals surface area contributed by atoms with Crippen LogP contribution in [0.1, 0.15) is 18.9 Å². The fourth-order valence-corrected chi connectivity index (χ4v) is 2.74. The molecule has 5 heteroatoms. The first kappa shape index (κ1) is 18.6. The third kappa shape index (κ3) is 4.44. The Balaban J connectivity index is 2.45. The fourth-order valence-electron chi connectivity index (χ4n) is 2.74. The van der Waals surface area contributed by atoms with Gasteiger partial charge in [0.25, 0.3) is 0 Å². The second-order valence-corrected chi connectivity index (χ2v) is 5.37. The number of benzene rings is 2. The summed E-state index contributed by atoms with van der Waals surface area (Å²) in [4.78, 5) is 11.7. The first-order valence-corrected chi connectivity index (χ1v) is 8.18. The number of aryl methyl sites for hydroxylation is 1. The molecule has 0 aliphatic heterocycles. The average molecular weight is 344 g/mol. The third-order valence-corrected chi connectivity index (χ3v) is 3.91. The van der Waals surface area contributed by atoms with Gasteiger partial charge in [-0.25, -0.2) is 0 Å². The van der Waals surface area contributed by atoms with Gasteiger partial charge < -0.3 is 18.9 Å². The van der Waals surface area contributed by atoms with E-state index < -0.39 is 0 Å². The van der Waals surface area contributed by atoms with E-state index in [4.69, 9.17) is 18.9 Å². The Labute approximate surface area is 148 Å². The van der Waals surface area contributed by atoms with Crippen LogP contribution in [0.3, 0.4) is 0 Å². The van der Waals surface area contributed by atoms with Crippen LogP contribution < -0.4 is 14.2 Å². The van der Waals surface area contributed by atoms with Gasteiger partial charge in [-0.3, -0.25) is 4.79 Å². The Hall–Kier alpha value is -2.69. The van der Waals surface area contributed by atoms with Gasteiger partial charge in [0.05, 0.1) is 27.9 Å². The minimum atomic E-state index is -0.214. The van der Waals surface area contributed by atoms with Crippen LogP contribution in [0.15, 0.2) is 36.4 Å². The summed E-state index contributed by atoms with van der Waals surface area (Å²) in [5, 5.41) is 0. The van der Waals surface area contributed by atoms with Crippen molar-refractivity contribution >= 4 is 5.97 Å². The van der Waals surface area contributed by atoms with Crippen molar-refractivity contribution < 1.29 is 23.7 Å². The van der Waals surface area contributed by atoms with Crippen LogP contribution in [0.2, 0.25) is 0 Å². The Bertz CT molecular complexity index is 724. The van der Waals surface area contributed by atoms with Gasteiger partial charge in [-0.1, -0.05) is 18.2 Å². The van der Waals surface area contributed by atoms with Gasteiger partial charge in [0.2, 0.25) is 0 Å². The number of carbonyl (C=O) groups is 1. The molecule has 0 N–H and O–H groups in total. The molecule has 0 aromatic heterocycles. The molecular weight excluding hydrogens is 320 g/mol. The fraction of sp³-hybridized carbons (Fsp3) is 0.350. The maximum atomic E-state index is 11.7. The third-order valence-electron chi connectivity index (χ3n) is 3.91. The molecule has 0 aliphatic carbocycles. The molecule has 2 aromatic rings. The molecule has 0 atom stereocenters.